The maximum absolute atomic E-state index is 11.3. The Balaban J connectivity index is 1.94. The molecule has 0 aliphatic rings. The van der Waals surface area contributed by atoms with E-state index in [0.717, 1.165) is 22.0 Å². The van der Waals surface area contributed by atoms with Crippen LogP contribution in [0.15, 0.2) is 54.7 Å². The van der Waals surface area contributed by atoms with Crippen LogP contribution >= 0.6 is 0 Å². The Morgan fingerprint density at radius 2 is 1.86 bits per heavy atom. The second-order valence-corrected chi connectivity index (χ2v) is 4.83. The zero-order valence-electron chi connectivity index (χ0n) is 11.2. The van der Waals surface area contributed by atoms with Gasteiger partial charge in [0.1, 0.15) is 0 Å². The topological polar surface area (TPSA) is 91.1 Å². The highest BCUT2D eigenvalue weighted by Gasteiger charge is 2.14. The molecular weight excluding hydrogens is 266 g/mol. The molecule has 1 amide bonds. The lowest BCUT2D eigenvalue weighted by Crippen LogP contribution is -2.18. The number of para-hydroxylation sites is 1. The zero-order chi connectivity index (χ0) is 14.8. The molecule has 0 saturated heterocycles. The Labute approximate surface area is 121 Å². The number of hydroxylamine groups is 1. The van der Waals surface area contributed by atoms with Crippen molar-refractivity contribution in [2.75, 3.05) is 0 Å². The molecule has 0 aliphatic carbocycles. The lowest BCUT2D eigenvalue weighted by Gasteiger charge is -2.12. The molecule has 1 aromatic heterocycles. The number of nitrogens with two attached hydrogens (primary N) is 1. The number of aromatic nitrogens is 1. The molecule has 1 atom stereocenters. The maximum Gasteiger partial charge on any atom is 0.274 e. The van der Waals surface area contributed by atoms with Gasteiger partial charge in [0.05, 0.1) is 6.04 Å². The fraction of sp³-hybridized carbons (Fsp3) is 0.0625. The number of amides is 1. The lowest BCUT2D eigenvalue weighted by atomic mass is 9.98. The van der Waals surface area contributed by atoms with Crippen molar-refractivity contribution >= 4 is 16.8 Å². The predicted molar refractivity (Wildman–Crippen MR) is 80.0 cm³/mol. The quantitative estimate of drug-likeness (QED) is 0.438. The largest absolute Gasteiger partial charge is 0.361 e. The molecule has 5 nitrogen and oxygen atoms in total. The van der Waals surface area contributed by atoms with Gasteiger partial charge >= 0.3 is 0 Å². The van der Waals surface area contributed by atoms with E-state index in [1.807, 2.05) is 30.5 Å². The van der Waals surface area contributed by atoms with Crippen molar-refractivity contribution in [3.05, 3.63) is 71.4 Å². The van der Waals surface area contributed by atoms with Crippen molar-refractivity contribution in [3.8, 4) is 0 Å². The predicted octanol–water partition coefficient (Wildman–Crippen LogP) is 2.33. The van der Waals surface area contributed by atoms with Crippen LogP contribution in [0.1, 0.15) is 27.5 Å². The molecule has 5 heteroatoms. The summed E-state index contributed by atoms with van der Waals surface area (Å²) in [7, 11) is 0. The van der Waals surface area contributed by atoms with E-state index in [2.05, 4.69) is 4.98 Å². The Morgan fingerprint density at radius 3 is 2.57 bits per heavy atom. The third-order valence-electron chi connectivity index (χ3n) is 3.59. The summed E-state index contributed by atoms with van der Waals surface area (Å²) < 4.78 is 0. The Hall–Kier alpha value is -2.63. The fourth-order valence-electron chi connectivity index (χ4n) is 2.44. The summed E-state index contributed by atoms with van der Waals surface area (Å²) in [5.74, 6) is -0.540. The first-order chi connectivity index (χ1) is 10.2. The number of aromatic amines is 1. The average Bonchev–Trinajstić information content (AvgIpc) is 2.97. The molecule has 3 aromatic rings. The normalized spacial score (nSPS) is 12.3. The van der Waals surface area contributed by atoms with E-state index in [1.54, 1.807) is 29.7 Å². The van der Waals surface area contributed by atoms with Crippen LogP contribution < -0.4 is 11.2 Å². The molecular formula is C16H15N3O2. The number of H-pyrrole nitrogens is 1. The van der Waals surface area contributed by atoms with Gasteiger partial charge in [0.2, 0.25) is 0 Å². The summed E-state index contributed by atoms with van der Waals surface area (Å²) >= 11 is 0. The summed E-state index contributed by atoms with van der Waals surface area (Å²) in [5, 5.41) is 9.69. The molecule has 0 spiro atoms. The third-order valence-corrected chi connectivity index (χ3v) is 3.59. The van der Waals surface area contributed by atoms with E-state index in [0.29, 0.717) is 5.56 Å². The maximum atomic E-state index is 11.3. The summed E-state index contributed by atoms with van der Waals surface area (Å²) in [6, 6.07) is 14.5. The van der Waals surface area contributed by atoms with Gasteiger partial charge in [0, 0.05) is 22.7 Å². The van der Waals surface area contributed by atoms with Crippen molar-refractivity contribution in [2.24, 2.45) is 5.73 Å². The fourth-order valence-corrected chi connectivity index (χ4v) is 2.44. The van der Waals surface area contributed by atoms with Gasteiger partial charge in [-0.1, -0.05) is 30.3 Å². The summed E-state index contributed by atoms with van der Waals surface area (Å²) in [6.07, 6.45) is 1.91. The van der Waals surface area contributed by atoms with E-state index in [-0.39, 0.29) is 6.04 Å². The number of rotatable bonds is 3. The molecule has 0 radical (unpaired) electrons. The number of fused-ring (bicyclic) bond motifs is 1. The minimum atomic E-state index is -0.540. The second kappa shape index (κ2) is 5.40. The molecule has 0 bridgehead atoms. The van der Waals surface area contributed by atoms with E-state index in [4.69, 9.17) is 10.9 Å². The Kier molecular flexibility index (Phi) is 3.43. The van der Waals surface area contributed by atoms with Gasteiger partial charge in [-0.15, -0.1) is 0 Å². The smallest absolute Gasteiger partial charge is 0.274 e. The SMILES string of the molecule is NC(c1ccc(C(=O)NO)cc1)c1c[nH]c2ccccc12. The van der Waals surface area contributed by atoms with Gasteiger partial charge in [0.25, 0.3) is 5.91 Å². The molecule has 2 aromatic carbocycles. The van der Waals surface area contributed by atoms with Crippen LogP contribution in [0.4, 0.5) is 0 Å². The summed E-state index contributed by atoms with van der Waals surface area (Å²) in [5.41, 5.74) is 11.2. The van der Waals surface area contributed by atoms with Gasteiger partial charge in [-0.2, -0.15) is 0 Å². The molecule has 106 valence electrons. The van der Waals surface area contributed by atoms with Crippen LogP contribution in [-0.2, 0) is 0 Å². The first-order valence-electron chi connectivity index (χ1n) is 6.56. The Morgan fingerprint density at radius 1 is 1.14 bits per heavy atom. The van der Waals surface area contributed by atoms with Crippen LogP contribution in [-0.4, -0.2) is 16.1 Å². The van der Waals surface area contributed by atoms with Crippen LogP contribution in [0, 0.1) is 0 Å². The lowest BCUT2D eigenvalue weighted by molar-refractivity contribution is 0.0706. The molecule has 0 aliphatic heterocycles. The number of carbonyl (C=O) groups is 1. The standard InChI is InChI=1S/C16H15N3O2/c17-15(10-5-7-11(8-6-10)16(20)19-21)13-9-18-14-4-2-1-3-12(13)14/h1-9,15,18,21H,17H2,(H,19,20). The van der Waals surface area contributed by atoms with Crippen LogP contribution in [0.2, 0.25) is 0 Å². The first-order valence-corrected chi connectivity index (χ1v) is 6.56. The van der Waals surface area contributed by atoms with Gasteiger partial charge in [-0.05, 0) is 29.3 Å². The van der Waals surface area contributed by atoms with Gasteiger partial charge in [-0.25, -0.2) is 5.48 Å². The highest BCUT2D eigenvalue weighted by molar-refractivity contribution is 5.93. The molecule has 5 N–H and O–H groups in total. The number of carbonyl (C=O) groups excluding carboxylic acids is 1. The van der Waals surface area contributed by atoms with Crippen LogP contribution in [0.5, 0.6) is 0 Å². The molecule has 21 heavy (non-hydrogen) atoms. The van der Waals surface area contributed by atoms with Crippen molar-refractivity contribution < 1.29 is 10.0 Å². The van der Waals surface area contributed by atoms with Crippen molar-refractivity contribution in [3.63, 3.8) is 0 Å². The number of hydrogen-bond donors (Lipinski definition) is 4. The van der Waals surface area contributed by atoms with E-state index < -0.39 is 5.91 Å². The van der Waals surface area contributed by atoms with Crippen LogP contribution in [0.3, 0.4) is 0 Å². The van der Waals surface area contributed by atoms with E-state index in [9.17, 15) is 4.79 Å². The number of nitrogens with one attached hydrogen (secondary N) is 2. The number of hydrogen-bond acceptors (Lipinski definition) is 3. The van der Waals surface area contributed by atoms with E-state index in [1.165, 1.54) is 0 Å². The third kappa shape index (κ3) is 2.40. The minimum absolute atomic E-state index is 0.285. The highest BCUT2D eigenvalue weighted by atomic mass is 16.5. The van der Waals surface area contributed by atoms with Crippen LogP contribution in [0.25, 0.3) is 10.9 Å². The average molecular weight is 281 g/mol. The summed E-state index contributed by atoms with van der Waals surface area (Å²) in [6.45, 7) is 0. The molecule has 1 heterocycles. The zero-order valence-corrected chi connectivity index (χ0v) is 11.2. The molecule has 0 saturated carbocycles. The first kappa shape index (κ1) is 13.4. The van der Waals surface area contributed by atoms with Crippen molar-refractivity contribution in [1.82, 2.24) is 10.5 Å². The number of benzene rings is 2. The van der Waals surface area contributed by atoms with Gasteiger partial charge < -0.3 is 10.7 Å². The van der Waals surface area contributed by atoms with Crippen molar-refractivity contribution in [2.45, 2.75) is 6.04 Å². The monoisotopic (exact) mass is 281 g/mol. The molecule has 1 unspecified atom stereocenters. The highest BCUT2D eigenvalue weighted by Crippen LogP contribution is 2.27. The second-order valence-electron chi connectivity index (χ2n) is 4.83. The van der Waals surface area contributed by atoms with Gasteiger partial charge in [0.15, 0.2) is 0 Å². The molecule has 3 rings (SSSR count). The summed E-state index contributed by atoms with van der Waals surface area (Å²) in [4.78, 5) is 14.5. The Bertz CT molecular complexity index is 778. The minimum Gasteiger partial charge on any atom is -0.361 e. The van der Waals surface area contributed by atoms with Crippen molar-refractivity contribution in [1.29, 1.82) is 0 Å². The van der Waals surface area contributed by atoms with Gasteiger partial charge in [-0.3, -0.25) is 10.0 Å². The van der Waals surface area contributed by atoms with E-state index >= 15 is 0 Å². The molecule has 0 fully saturated rings.